The van der Waals surface area contributed by atoms with Gasteiger partial charge in [-0.2, -0.15) is 0 Å². The third-order valence-corrected chi connectivity index (χ3v) is 7.87. The first kappa shape index (κ1) is 18.2. The molecule has 2 aliphatic carbocycles. The summed E-state index contributed by atoms with van der Waals surface area (Å²) in [6.07, 6.45) is 4.19. The van der Waals surface area contributed by atoms with E-state index in [1.807, 2.05) is 18.2 Å². The molecule has 0 saturated heterocycles. The molecule has 2 N–H and O–H groups in total. The minimum Gasteiger partial charge on any atom is -0.481 e. The number of carboxylic acids is 1. The second kappa shape index (κ2) is 6.44. The maximum absolute atomic E-state index is 14.6. The second-order valence-corrected chi connectivity index (χ2v) is 13.8. The van der Waals surface area contributed by atoms with Gasteiger partial charge in [-0.15, -0.1) is 0 Å². The van der Waals surface area contributed by atoms with E-state index in [4.69, 9.17) is 5.11 Å². The minimum absolute atomic E-state index is 0.0673. The molecule has 0 bridgehead atoms. The number of rotatable bonds is 5. The van der Waals surface area contributed by atoms with Gasteiger partial charge in [-0.25, -0.2) is 9.37 Å². The lowest BCUT2D eigenvalue weighted by molar-refractivity contribution is -0.138. The fraction of sp³-hybridized carbons (Fsp3) is 0.429. The lowest BCUT2D eigenvalue weighted by Gasteiger charge is -2.22. The quantitative estimate of drug-likeness (QED) is 0.764. The summed E-state index contributed by atoms with van der Waals surface area (Å²) < 4.78 is 14.6. The highest BCUT2D eigenvalue weighted by Gasteiger charge is 2.44. The van der Waals surface area contributed by atoms with Crippen LogP contribution in [-0.2, 0) is 11.2 Å². The molecule has 0 radical (unpaired) electrons. The van der Waals surface area contributed by atoms with E-state index >= 15 is 0 Å². The number of aliphatic carboxylic acids is 1. The molecule has 0 amide bonds. The Balaban J connectivity index is 1.54. The SMILES string of the molecule is C[Si](C)(C)c1ccc(F)c2c1CC[C@H]2Nc1ccc([C@H]2C[C@@H]2C(=O)O)cn1. The van der Waals surface area contributed by atoms with Gasteiger partial charge in [0.2, 0.25) is 0 Å². The van der Waals surface area contributed by atoms with Crippen LogP contribution in [0, 0.1) is 11.7 Å². The van der Waals surface area contributed by atoms with Gasteiger partial charge in [0.25, 0.3) is 0 Å². The van der Waals surface area contributed by atoms with Crippen molar-refractivity contribution in [2.24, 2.45) is 5.92 Å². The first-order valence-corrected chi connectivity index (χ1v) is 13.0. The largest absolute Gasteiger partial charge is 0.481 e. The van der Waals surface area contributed by atoms with Crippen LogP contribution in [0.15, 0.2) is 30.5 Å². The Labute approximate surface area is 159 Å². The van der Waals surface area contributed by atoms with Crippen molar-refractivity contribution in [3.63, 3.8) is 0 Å². The van der Waals surface area contributed by atoms with E-state index in [2.05, 4.69) is 29.9 Å². The normalized spacial score (nSPS) is 23.8. The molecule has 0 unspecified atom stereocenters. The number of anilines is 1. The zero-order chi connectivity index (χ0) is 19.3. The van der Waals surface area contributed by atoms with Crippen molar-refractivity contribution < 1.29 is 14.3 Å². The van der Waals surface area contributed by atoms with Gasteiger partial charge in [0, 0.05) is 11.8 Å². The number of halogens is 1. The predicted octanol–water partition coefficient (Wildman–Crippen LogP) is 4.05. The molecular weight excluding hydrogens is 359 g/mol. The summed E-state index contributed by atoms with van der Waals surface area (Å²) >= 11 is 0. The number of pyridine rings is 1. The molecule has 1 aromatic heterocycles. The molecular formula is C21H25FN2O2Si. The van der Waals surface area contributed by atoms with Crippen LogP contribution < -0.4 is 10.5 Å². The highest BCUT2D eigenvalue weighted by atomic mass is 28.3. The van der Waals surface area contributed by atoms with Crippen molar-refractivity contribution in [1.29, 1.82) is 0 Å². The van der Waals surface area contributed by atoms with Gasteiger partial charge in [0.05, 0.1) is 20.0 Å². The second-order valence-electron chi connectivity index (χ2n) is 8.74. The lowest BCUT2D eigenvalue weighted by Crippen LogP contribution is -2.40. The third-order valence-electron chi connectivity index (χ3n) is 5.79. The highest BCUT2D eigenvalue weighted by molar-refractivity contribution is 6.89. The summed E-state index contributed by atoms with van der Waals surface area (Å²) in [5.41, 5.74) is 2.95. The monoisotopic (exact) mass is 384 g/mol. The van der Waals surface area contributed by atoms with Crippen LogP contribution in [0.25, 0.3) is 0 Å². The number of aromatic nitrogens is 1. The maximum atomic E-state index is 14.6. The molecule has 1 fully saturated rings. The Morgan fingerprint density at radius 2 is 2.04 bits per heavy atom. The summed E-state index contributed by atoms with van der Waals surface area (Å²) in [6.45, 7) is 6.89. The fourth-order valence-electron chi connectivity index (χ4n) is 4.29. The molecule has 0 aliphatic heterocycles. The maximum Gasteiger partial charge on any atom is 0.307 e. The molecule has 6 heteroatoms. The topological polar surface area (TPSA) is 62.2 Å². The van der Waals surface area contributed by atoms with Crippen molar-refractivity contribution >= 4 is 25.0 Å². The number of nitrogens with one attached hydrogen (secondary N) is 1. The van der Waals surface area contributed by atoms with Crippen molar-refractivity contribution in [1.82, 2.24) is 4.98 Å². The molecule has 2 aliphatic rings. The Bertz CT molecular complexity index is 892. The number of nitrogens with zero attached hydrogens (tertiary/aromatic N) is 1. The van der Waals surface area contributed by atoms with E-state index in [-0.39, 0.29) is 23.7 Å². The number of benzene rings is 1. The van der Waals surface area contributed by atoms with Gasteiger partial charge in [-0.05, 0) is 48.4 Å². The minimum atomic E-state index is -1.52. The molecule has 0 spiro atoms. The average Bonchev–Trinajstić information content (AvgIpc) is 3.30. The molecule has 27 heavy (non-hydrogen) atoms. The zero-order valence-corrected chi connectivity index (χ0v) is 16.9. The summed E-state index contributed by atoms with van der Waals surface area (Å²) in [4.78, 5) is 15.5. The fourth-order valence-corrected chi connectivity index (χ4v) is 6.04. The van der Waals surface area contributed by atoms with E-state index in [1.165, 1.54) is 10.8 Å². The molecule has 4 rings (SSSR count). The van der Waals surface area contributed by atoms with Gasteiger partial charge in [-0.1, -0.05) is 37.0 Å². The molecule has 1 saturated carbocycles. The summed E-state index contributed by atoms with van der Waals surface area (Å²) in [7, 11) is -1.52. The van der Waals surface area contributed by atoms with Crippen LogP contribution in [-0.4, -0.2) is 24.1 Å². The Morgan fingerprint density at radius 1 is 1.26 bits per heavy atom. The molecule has 2 aromatic rings. The molecule has 142 valence electrons. The van der Waals surface area contributed by atoms with Crippen molar-refractivity contribution in [2.45, 2.75) is 50.9 Å². The van der Waals surface area contributed by atoms with Crippen molar-refractivity contribution in [3.8, 4) is 0 Å². The first-order valence-electron chi connectivity index (χ1n) is 9.52. The lowest BCUT2D eigenvalue weighted by atomic mass is 10.1. The number of carbonyl (C=O) groups is 1. The van der Waals surface area contributed by atoms with Crippen LogP contribution in [0.4, 0.5) is 10.2 Å². The van der Waals surface area contributed by atoms with Crippen LogP contribution in [0.2, 0.25) is 19.6 Å². The smallest absolute Gasteiger partial charge is 0.307 e. The third kappa shape index (κ3) is 3.38. The zero-order valence-electron chi connectivity index (χ0n) is 15.9. The van der Waals surface area contributed by atoms with Crippen molar-refractivity contribution in [2.75, 3.05) is 5.32 Å². The van der Waals surface area contributed by atoms with E-state index in [0.29, 0.717) is 12.2 Å². The van der Waals surface area contributed by atoms with Gasteiger partial charge in [0.1, 0.15) is 11.6 Å². The Hall–Kier alpha value is -2.21. The Kier molecular flexibility index (Phi) is 4.33. The van der Waals surface area contributed by atoms with Crippen molar-refractivity contribution in [3.05, 3.63) is 53.0 Å². The van der Waals surface area contributed by atoms with E-state index in [9.17, 15) is 9.18 Å². The molecule has 1 aromatic carbocycles. The van der Waals surface area contributed by atoms with Gasteiger partial charge >= 0.3 is 5.97 Å². The number of carboxylic acid groups (broad SMARTS) is 1. The van der Waals surface area contributed by atoms with Crippen LogP contribution >= 0.6 is 0 Å². The van der Waals surface area contributed by atoms with Gasteiger partial charge in [-0.3, -0.25) is 4.79 Å². The number of fused-ring (bicyclic) bond motifs is 1. The Morgan fingerprint density at radius 3 is 2.63 bits per heavy atom. The van der Waals surface area contributed by atoms with E-state index in [0.717, 1.165) is 24.0 Å². The van der Waals surface area contributed by atoms with Crippen LogP contribution in [0.1, 0.15) is 41.5 Å². The van der Waals surface area contributed by atoms with Gasteiger partial charge < -0.3 is 10.4 Å². The first-order chi connectivity index (χ1) is 12.8. The van der Waals surface area contributed by atoms with E-state index in [1.54, 1.807) is 12.3 Å². The summed E-state index contributed by atoms with van der Waals surface area (Å²) in [6, 6.07) is 7.34. The highest BCUT2D eigenvalue weighted by Crippen LogP contribution is 2.47. The van der Waals surface area contributed by atoms with Gasteiger partial charge in [0.15, 0.2) is 0 Å². The predicted molar refractivity (Wildman–Crippen MR) is 107 cm³/mol. The van der Waals surface area contributed by atoms with E-state index < -0.39 is 14.0 Å². The molecule has 3 atom stereocenters. The van der Waals surface area contributed by atoms with Crippen LogP contribution in [0.5, 0.6) is 0 Å². The summed E-state index contributed by atoms with van der Waals surface area (Å²) in [5, 5.41) is 13.8. The van der Waals surface area contributed by atoms with Crippen LogP contribution in [0.3, 0.4) is 0 Å². The standard InChI is InChI=1S/C21H25FN2O2Si/c1-27(2,3)18-8-6-16(22)20-13(18)5-7-17(20)24-19-9-4-12(11-23-19)14-10-15(14)21(25)26/h4,6,8-9,11,14-15,17H,5,7,10H2,1-3H3,(H,23,24)(H,25,26)/t14-,15+,17-/m1/s1. The molecule has 1 heterocycles. The number of hydrogen-bond acceptors (Lipinski definition) is 3. The number of hydrogen-bond donors (Lipinski definition) is 2. The molecule has 4 nitrogen and oxygen atoms in total. The average molecular weight is 385 g/mol. The summed E-state index contributed by atoms with van der Waals surface area (Å²) in [5.74, 6) is -0.365.